The molecule has 0 spiro atoms. The van der Waals surface area contributed by atoms with Gasteiger partial charge in [0.2, 0.25) is 5.91 Å². The summed E-state index contributed by atoms with van der Waals surface area (Å²) in [5.41, 5.74) is 3.38. The molecular weight excluding hydrogens is 493 g/mol. The van der Waals surface area contributed by atoms with Gasteiger partial charge in [-0.3, -0.25) is 9.59 Å². The molecule has 6 nitrogen and oxygen atoms in total. The molecule has 2 aliphatic rings. The number of rotatable bonds is 6. The van der Waals surface area contributed by atoms with Gasteiger partial charge in [-0.2, -0.15) is 0 Å². The lowest BCUT2D eigenvalue weighted by Crippen LogP contribution is -2.53. The number of anilines is 1. The van der Waals surface area contributed by atoms with E-state index in [1.54, 1.807) is 24.5 Å². The lowest BCUT2D eigenvalue weighted by Gasteiger charge is -2.44. The van der Waals surface area contributed by atoms with Crippen LogP contribution in [0.2, 0.25) is 0 Å². The number of benzene rings is 3. The van der Waals surface area contributed by atoms with Gasteiger partial charge in [0.05, 0.1) is 12.2 Å². The lowest BCUT2D eigenvalue weighted by atomic mass is 9.80. The molecule has 39 heavy (non-hydrogen) atoms. The highest BCUT2D eigenvalue weighted by atomic mass is 19.1. The smallest absolute Gasteiger partial charge is 0.254 e. The van der Waals surface area contributed by atoms with Crippen LogP contribution in [0.4, 0.5) is 10.1 Å². The molecule has 1 saturated heterocycles. The normalized spacial score (nSPS) is 19.2. The zero-order valence-corrected chi connectivity index (χ0v) is 21.6. The Hall–Kier alpha value is -4.39. The molecule has 1 aromatic heterocycles. The summed E-state index contributed by atoms with van der Waals surface area (Å²) in [6, 6.07) is 27.1. The zero-order chi connectivity index (χ0) is 26.8. The number of fused-ring (bicyclic) bond motifs is 1. The number of carbonyl (C=O) groups is 2. The minimum Gasteiger partial charge on any atom is -0.467 e. The van der Waals surface area contributed by atoms with Crippen molar-refractivity contribution in [2.45, 2.75) is 18.4 Å². The Kier molecular flexibility index (Phi) is 6.88. The highest BCUT2D eigenvalue weighted by molar-refractivity contribution is 6.01. The predicted molar refractivity (Wildman–Crippen MR) is 147 cm³/mol. The monoisotopic (exact) mass is 523 g/mol. The summed E-state index contributed by atoms with van der Waals surface area (Å²) >= 11 is 0. The van der Waals surface area contributed by atoms with Crippen molar-refractivity contribution in [1.29, 1.82) is 0 Å². The number of piperazine rings is 1. The minimum absolute atomic E-state index is 0.0141. The number of furan rings is 1. The number of halogens is 1. The molecule has 0 unspecified atom stereocenters. The van der Waals surface area contributed by atoms with Crippen LogP contribution in [0.3, 0.4) is 0 Å². The van der Waals surface area contributed by atoms with Crippen molar-refractivity contribution in [3.8, 4) is 0 Å². The molecular formula is C32H30FN3O3. The van der Waals surface area contributed by atoms with Gasteiger partial charge in [-0.15, -0.1) is 0 Å². The van der Waals surface area contributed by atoms with E-state index in [2.05, 4.69) is 4.90 Å². The minimum atomic E-state index is -0.585. The van der Waals surface area contributed by atoms with Gasteiger partial charge in [0.1, 0.15) is 17.6 Å². The highest BCUT2D eigenvalue weighted by Gasteiger charge is 2.46. The van der Waals surface area contributed by atoms with Crippen LogP contribution in [0, 0.1) is 5.82 Å². The van der Waals surface area contributed by atoms with E-state index in [0.717, 1.165) is 16.8 Å². The Labute approximate surface area is 227 Å². The average Bonchev–Trinajstić information content (AvgIpc) is 3.52. The molecule has 0 bridgehead atoms. The topological polar surface area (TPSA) is 57.0 Å². The summed E-state index contributed by atoms with van der Waals surface area (Å²) in [5, 5.41) is 0. The summed E-state index contributed by atoms with van der Waals surface area (Å²) in [6.45, 7) is 2.84. The fourth-order valence-electron chi connectivity index (χ4n) is 5.81. The van der Waals surface area contributed by atoms with Crippen molar-refractivity contribution in [1.82, 2.24) is 9.80 Å². The van der Waals surface area contributed by atoms with Crippen LogP contribution < -0.4 is 4.90 Å². The van der Waals surface area contributed by atoms with Crippen LogP contribution in [0.25, 0.3) is 0 Å². The third-order valence-electron chi connectivity index (χ3n) is 7.81. The van der Waals surface area contributed by atoms with Gasteiger partial charge in [-0.05, 0) is 60.0 Å². The van der Waals surface area contributed by atoms with E-state index in [4.69, 9.17) is 4.42 Å². The fraction of sp³-hybridized carbons (Fsp3) is 0.250. The summed E-state index contributed by atoms with van der Waals surface area (Å²) in [5.74, 6) is -0.348. The van der Waals surface area contributed by atoms with E-state index in [1.165, 1.54) is 12.1 Å². The molecule has 0 radical (unpaired) electrons. The molecule has 0 N–H and O–H groups in total. The average molecular weight is 524 g/mol. The first-order chi connectivity index (χ1) is 19.1. The summed E-state index contributed by atoms with van der Waals surface area (Å²) < 4.78 is 19.3. The Morgan fingerprint density at radius 3 is 2.28 bits per heavy atom. The van der Waals surface area contributed by atoms with Gasteiger partial charge >= 0.3 is 0 Å². The first-order valence-corrected chi connectivity index (χ1v) is 13.4. The maximum atomic E-state index is 14.3. The van der Waals surface area contributed by atoms with Gasteiger partial charge in [0.25, 0.3) is 5.91 Å². The number of carbonyl (C=O) groups excluding carboxylic acids is 2. The van der Waals surface area contributed by atoms with Gasteiger partial charge in [-0.25, -0.2) is 4.39 Å². The Balaban J connectivity index is 1.30. The van der Waals surface area contributed by atoms with Crippen molar-refractivity contribution >= 4 is 17.5 Å². The SMILES string of the molecule is O=C([C@@H]1c2ccccc2C(=O)N(CCc2ccccc2)[C@H]1c1ccco1)N1CCN(c2ccc(F)cc2)CC1. The Bertz CT molecular complexity index is 1430. The molecule has 198 valence electrons. The third-order valence-corrected chi connectivity index (χ3v) is 7.81. The maximum absolute atomic E-state index is 14.3. The Morgan fingerprint density at radius 1 is 0.846 bits per heavy atom. The van der Waals surface area contributed by atoms with Crippen LogP contribution in [0.5, 0.6) is 0 Å². The van der Waals surface area contributed by atoms with Crippen LogP contribution in [-0.4, -0.2) is 54.3 Å². The predicted octanol–water partition coefficient (Wildman–Crippen LogP) is 5.29. The van der Waals surface area contributed by atoms with Gasteiger partial charge < -0.3 is 19.1 Å². The summed E-state index contributed by atoms with van der Waals surface area (Å²) in [4.78, 5) is 34.0. The fourth-order valence-corrected chi connectivity index (χ4v) is 5.81. The number of hydrogen-bond donors (Lipinski definition) is 0. The van der Waals surface area contributed by atoms with Crippen LogP contribution in [0.15, 0.2) is 102 Å². The molecule has 2 aliphatic heterocycles. The third kappa shape index (κ3) is 4.92. The van der Waals surface area contributed by atoms with Gasteiger partial charge in [-0.1, -0.05) is 48.5 Å². The molecule has 0 aliphatic carbocycles. The van der Waals surface area contributed by atoms with E-state index in [9.17, 15) is 14.0 Å². The molecule has 4 aromatic rings. The first-order valence-electron chi connectivity index (χ1n) is 13.4. The van der Waals surface area contributed by atoms with Crippen molar-refractivity contribution in [3.63, 3.8) is 0 Å². The Morgan fingerprint density at radius 2 is 1.56 bits per heavy atom. The van der Waals surface area contributed by atoms with Gasteiger partial charge in [0, 0.05) is 44.0 Å². The molecule has 0 saturated carbocycles. The van der Waals surface area contributed by atoms with E-state index in [-0.39, 0.29) is 17.6 Å². The second kappa shape index (κ2) is 10.8. The summed E-state index contributed by atoms with van der Waals surface area (Å²) in [6.07, 6.45) is 2.27. The quantitative estimate of drug-likeness (QED) is 0.345. The zero-order valence-electron chi connectivity index (χ0n) is 21.6. The second-order valence-electron chi connectivity index (χ2n) is 10.0. The molecule has 2 amide bonds. The van der Waals surface area contributed by atoms with Crippen LogP contribution in [-0.2, 0) is 11.2 Å². The first kappa shape index (κ1) is 24.9. The van der Waals surface area contributed by atoms with Crippen molar-refractivity contribution in [2.75, 3.05) is 37.6 Å². The van der Waals surface area contributed by atoms with E-state index < -0.39 is 12.0 Å². The highest BCUT2D eigenvalue weighted by Crippen LogP contribution is 2.44. The number of hydrogen-bond acceptors (Lipinski definition) is 4. The van der Waals surface area contributed by atoms with E-state index >= 15 is 0 Å². The molecule has 1 fully saturated rings. The second-order valence-corrected chi connectivity index (χ2v) is 10.0. The molecule has 7 heteroatoms. The molecule has 6 rings (SSSR count). The van der Waals surface area contributed by atoms with E-state index in [0.29, 0.717) is 50.5 Å². The standard InChI is InChI=1S/C32H30FN3O3/c33-24-12-14-25(15-13-24)34-18-20-35(21-19-34)32(38)29-26-9-4-5-10-27(26)31(37)36(30(29)28-11-6-22-39-28)17-16-23-7-2-1-3-8-23/h1-15,22,29-30H,16-21H2/t29-,30+/m1/s1. The number of amides is 2. The van der Waals surface area contributed by atoms with Crippen molar-refractivity contribution < 1.29 is 18.4 Å². The van der Waals surface area contributed by atoms with Crippen LogP contribution in [0.1, 0.15) is 39.2 Å². The maximum Gasteiger partial charge on any atom is 0.254 e. The van der Waals surface area contributed by atoms with Crippen molar-refractivity contribution in [3.05, 3.63) is 126 Å². The van der Waals surface area contributed by atoms with Crippen LogP contribution >= 0.6 is 0 Å². The summed E-state index contributed by atoms with van der Waals surface area (Å²) in [7, 11) is 0. The van der Waals surface area contributed by atoms with E-state index in [1.807, 2.05) is 70.5 Å². The largest absolute Gasteiger partial charge is 0.467 e. The number of nitrogens with zero attached hydrogens (tertiary/aromatic N) is 3. The molecule has 3 heterocycles. The molecule has 3 aromatic carbocycles. The molecule has 2 atom stereocenters. The lowest BCUT2D eigenvalue weighted by molar-refractivity contribution is -0.135. The van der Waals surface area contributed by atoms with Crippen molar-refractivity contribution in [2.24, 2.45) is 0 Å². The van der Waals surface area contributed by atoms with Gasteiger partial charge in [0.15, 0.2) is 0 Å².